The topological polar surface area (TPSA) is 67.6 Å². The van der Waals surface area contributed by atoms with Gasteiger partial charge in [0, 0.05) is 43.6 Å². The van der Waals surface area contributed by atoms with Gasteiger partial charge in [0.1, 0.15) is 11.6 Å². The van der Waals surface area contributed by atoms with Crippen LogP contribution in [0, 0.1) is 5.82 Å². The van der Waals surface area contributed by atoms with E-state index < -0.39 is 0 Å². The number of nitrogens with zero attached hydrogens (tertiary/aromatic N) is 5. The van der Waals surface area contributed by atoms with Crippen LogP contribution >= 0.6 is 0 Å². The molecule has 0 aliphatic carbocycles. The Morgan fingerprint density at radius 3 is 3.03 bits per heavy atom. The minimum atomic E-state index is -0.290. The van der Waals surface area contributed by atoms with Crippen molar-refractivity contribution in [3.05, 3.63) is 53.4 Å². The van der Waals surface area contributed by atoms with E-state index in [0.29, 0.717) is 13.2 Å². The summed E-state index contributed by atoms with van der Waals surface area (Å²) in [6.07, 6.45) is 7.82. The molecule has 3 aromatic rings. The highest BCUT2D eigenvalue weighted by atomic mass is 19.1. The summed E-state index contributed by atoms with van der Waals surface area (Å²) < 4.78 is 21.4. The van der Waals surface area contributed by atoms with E-state index in [-0.39, 0.29) is 11.9 Å². The number of hydrogen-bond donors (Lipinski definition) is 1. The minimum Gasteiger partial charge on any atom is -0.377 e. The van der Waals surface area contributed by atoms with E-state index in [1.165, 1.54) is 6.20 Å². The molecular formula is C22H29FN6O. The molecule has 0 radical (unpaired) electrons. The summed E-state index contributed by atoms with van der Waals surface area (Å²) >= 11 is 0. The first-order valence-electron chi connectivity index (χ1n) is 10.7. The number of ether oxygens (including phenoxy) is 1. The van der Waals surface area contributed by atoms with Crippen molar-refractivity contribution >= 4 is 11.5 Å². The molecule has 4 rings (SSSR count). The van der Waals surface area contributed by atoms with Crippen LogP contribution in [0.1, 0.15) is 49.6 Å². The van der Waals surface area contributed by atoms with Crippen LogP contribution in [0.5, 0.6) is 0 Å². The zero-order valence-electron chi connectivity index (χ0n) is 17.6. The minimum absolute atomic E-state index is 0.0676. The van der Waals surface area contributed by atoms with Crippen molar-refractivity contribution < 1.29 is 9.13 Å². The number of pyridine rings is 1. The van der Waals surface area contributed by atoms with Gasteiger partial charge in [0.25, 0.3) is 0 Å². The lowest BCUT2D eigenvalue weighted by Gasteiger charge is -2.27. The van der Waals surface area contributed by atoms with Crippen molar-refractivity contribution in [1.29, 1.82) is 0 Å². The predicted octanol–water partition coefficient (Wildman–Crippen LogP) is 3.29. The van der Waals surface area contributed by atoms with Crippen molar-refractivity contribution in [3.8, 4) is 0 Å². The third kappa shape index (κ3) is 4.29. The Bertz CT molecular complexity index is 991. The van der Waals surface area contributed by atoms with E-state index in [4.69, 9.17) is 9.72 Å². The Balaban J connectivity index is 1.65. The average molecular weight is 413 g/mol. The largest absolute Gasteiger partial charge is 0.377 e. The van der Waals surface area contributed by atoms with Crippen molar-refractivity contribution in [2.45, 2.75) is 45.8 Å². The lowest BCUT2D eigenvalue weighted by atomic mass is 10.0. The standard InChI is InChI=1S/C22H29FN6O/c1-3-24-9-7-19-18(12-17(23)14-25-19)20-6-5-10-28(20)21-8-11-29-22(27-21)16(13-26-29)15-30-4-2/h8,11-14,20,24H,3-7,9-10,15H2,1-2H3. The van der Waals surface area contributed by atoms with Crippen LogP contribution in [0.3, 0.4) is 0 Å². The van der Waals surface area contributed by atoms with Gasteiger partial charge in [-0.05, 0) is 44.0 Å². The second kappa shape index (κ2) is 9.49. The first kappa shape index (κ1) is 20.7. The fourth-order valence-corrected chi connectivity index (χ4v) is 4.11. The number of halogens is 1. The fourth-order valence-electron chi connectivity index (χ4n) is 4.11. The summed E-state index contributed by atoms with van der Waals surface area (Å²) in [6, 6.07) is 3.70. The molecule has 1 N–H and O–H groups in total. The van der Waals surface area contributed by atoms with Gasteiger partial charge in [0.2, 0.25) is 0 Å². The second-order valence-electron chi connectivity index (χ2n) is 7.51. The van der Waals surface area contributed by atoms with Gasteiger partial charge < -0.3 is 15.0 Å². The van der Waals surface area contributed by atoms with E-state index >= 15 is 0 Å². The van der Waals surface area contributed by atoms with Gasteiger partial charge in [0.05, 0.1) is 25.0 Å². The molecule has 4 heterocycles. The predicted molar refractivity (Wildman–Crippen MR) is 114 cm³/mol. The number of nitrogens with one attached hydrogen (secondary N) is 1. The fraction of sp³-hybridized carbons (Fsp3) is 0.500. The molecule has 0 amide bonds. The summed E-state index contributed by atoms with van der Waals surface area (Å²) in [5.41, 5.74) is 3.69. The molecule has 0 saturated carbocycles. The van der Waals surface area contributed by atoms with Gasteiger partial charge in [-0.15, -0.1) is 0 Å². The SMILES string of the molecule is CCNCCc1ncc(F)cc1C1CCCN1c1ccn2ncc(COCC)c2n1. The highest BCUT2D eigenvalue weighted by Crippen LogP contribution is 2.37. The maximum atomic E-state index is 14.1. The molecular weight excluding hydrogens is 383 g/mol. The molecule has 30 heavy (non-hydrogen) atoms. The highest BCUT2D eigenvalue weighted by Gasteiger charge is 2.30. The van der Waals surface area contributed by atoms with Gasteiger partial charge in [-0.25, -0.2) is 13.9 Å². The van der Waals surface area contributed by atoms with Crippen molar-refractivity contribution in [2.75, 3.05) is 31.1 Å². The molecule has 1 saturated heterocycles. The molecule has 1 unspecified atom stereocenters. The summed E-state index contributed by atoms with van der Waals surface area (Å²) in [4.78, 5) is 11.6. The molecule has 7 nitrogen and oxygen atoms in total. The Morgan fingerprint density at radius 2 is 2.20 bits per heavy atom. The third-order valence-corrected chi connectivity index (χ3v) is 5.55. The lowest BCUT2D eigenvalue weighted by Crippen LogP contribution is -2.26. The molecule has 8 heteroatoms. The van der Waals surface area contributed by atoms with Crippen molar-refractivity contribution in [3.63, 3.8) is 0 Å². The molecule has 0 aromatic carbocycles. The number of anilines is 1. The second-order valence-corrected chi connectivity index (χ2v) is 7.51. The molecule has 1 atom stereocenters. The van der Waals surface area contributed by atoms with Crippen LogP contribution in [-0.4, -0.2) is 45.8 Å². The average Bonchev–Trinajstić information content (AvgIpc) is 3.40. The van der Waals surface area contributed by atoms with E-state index in [0.717, 1.165) is 67.2 Å². The maximum Gasteiger partial charge on any atom is 0.162 e. The zero-order valence-corrected chi connectivity index (χ0v) is 17.6. The molecule has 1 aliphatic heterocycles. The quantitative estimate of drug-likeness (QED) is 0.544. The monoisotopic (exact) mass is 412 g/mol. The van der Waals surface area contributed by atoms with Crippen molar-refractivity contribution in [1.82, 2.24) is 24.9 Å². The number of rotatable bonds is 9. The van der Waals surface area contributed by atoms with E-state index in [1.807, 2.05) is 19.2 Å². The summed E-state index contributed by atoms with van der Waals surface area (Å²) in [5, 5.41) is 7.70. The van der Waals surface area contributed by atoms with Gasteiger partial charge in [0.15, 0.2) is 5.65 Å². The Morgan fingerprint density at radius 1 is 1.30 bits per heavy atom. The molecule has 160 valence electrons. The zero-order chi connectivity index (χ0) is 20.9. The van der Waals surface area contributed by atoms with Crippen LogP contribution in [0.4, 0.5) is 10.2 Å². The van der Waals surface area contributed by atoms with E-state index in [2.05, 4.69) is 27.2 Å². The van der Waals surface area contributed by atoms with E-state index in [1.54, 1.807) is 16.8 Å². The number of hydrogen-bond acceptors (Lipinski definition) is 6. The number of fused-ring (bicyclic) bond motifs is 1. The summed E-state index contributed by atoms with van der Waals surface area (Å²) in [5.74, 6) is 0.590. The molecule has 0 bridgehead atoms. The van der Waals surface area contributed by atoms with Crippen molar-refractivity contribution in [2.24, 2.45) is 0 Å². The Labute approximate surface area is 176 Å². The van der Waals surface area contributed by atoms with E-state index in [9.17, 15) is 4.39 Å². The van der Waals surface area contributed by atoms with Crippen LogP contribution in [0.15, 0.2) is 30.7 Å². The maximum absolute atomic E-state index is 14.1. The molecule has 0 spiro atoms. The number of likely N-dealkylation sites (N-methyl/N-ethyl adjacent to an activating group) is 1. The molecule has 1 fully saturated rings. The normalized spacial score (nSPS) is 16.6. The van der Waals surface area contributed by atoms with Gasteiger partial charge in [-0.2, -0.15) is 5.10 Å². The Kier molecular flexibility index (Phi) is 6.54. The smallest absolute Gasteiger partial charge is 0.162 e. The summed E-state index contributed by atoms with van der Waals surface area (Å²) in [6.45, 7) is 7.80. The van der Waals surface area contributed by atoms with Crippen LogP contribution in [0.2, 0.25) is 0 Å². The Hall–Kier alpha value is -2.58. The highest BCUT2D eigenvalue weighted by molar-refractivity contribution is 5.54. The first-order chi connectivity index (χ1) is 14.7. The third-order valence-electron chi connectivity index (χ3n) is 5.55. The van der Waals surface area contributed by atoms with Gasteiger partial charge in [-0.3, -0.25) is 4.98 Å². The number of aromatic nitrogens is 4. The van der Waals surface area contributed by atoms with Crippen LogP contribution in [0.25, 0.3) is 5.65 Å². The first-order valence-corrected chi connectivity index (χ1v) is 10.7. The van der Waals surface area contributed by atoms with Crippen LogP contribution < -0.4 is 10.2 Å². The lowest BCUT2D eigenvalue weighted by molar-refractivity contribution is 0.135. The summed E-state index contributed by atoms with van der Waals surface area (Å²) in [7, 11) is 0. The molecule has 3 aromatic heterocycles. The van der Waals surface area contributed by atoms with Gasteiger partial charge >= 0.3 is 0 Å². The molecule has 1 aliphatic rings. The van der Waals surface area contributed by atoms with Crippen LogP contribution in [-0.2, 0) is 17.8 Å². The van der Waals surface area contributed by atoms with Gasteiger partial charge in [-0.1, -0.05) is 6.92 Å².